The van der Waals surface area contributed by atoms with E-state index in [2.05, 4.69) is 0 Å². The van der Waals surface area contributed by atoms with E-state index in [-0.39, 0.29) is 13.0 Å². The molecule has 31 heavy (non-hydrogen) atoms. The lowest BCUT2D eigenvalue weighted by Gasteiger charge is -2.24. The molecule has 1 fully saturated rings. The van der Waals surface area contributed by atoms with Gasteiger partial charge in [-0.05, 0) is 17.5 Å². The minimum atomic E-state index is -1.34. The predicted molar refractivity (Wildman–Crippen MR) is 111 cm³/mol. The number of ether oxygens (including phenoxy) is 3. The smallest absolute Gasteiger partial charge is 0.434 e. The van der Waals surface area contributed by atoms with Crippen LogP contribution in [0.15, 0.2) is 60.7 Å². The van der Waals surface area contributed by atoms with Gasteiger partial charge in [-0.1, -0.05) is 60.7 Å². The van der Waals surface area contributed by atoms with Gasteiger partial charge in [0.2, 0.25) is 0 Å². The molecule has 0 radical (unpaired) electrons. The molecule has 4 atom stereocenters. The largest absolute Gasteiger partial charge is 0.443 e. The molecule has 0 unspecified atom stereocenters. The van der Waals surface area contributed by atoms with Crippen molar-refractivity contribution in [3.05, 3.63) is 71.8 Å². The molecule has 3 rings (SSSR count). The molecular formula is C23H29NO7. The summed E-state index contributed by atoms with van der Waals surface area (Å²) < 4.78 is 16.3. The van der Waals surface area contributed by atoms with Gasteiger partial charge in [-0.3, -0.25) is 5.21 Å². The average molecular weight is 431 g/mol. The number of nitrogens with zero attached hydrogens (tertiary/aromatic N) is 1. The van der Waals surface area contributed by atoms with Crippen LogP contribution >= 0.6 is 0 Å². The molecule has 0 spiro atoms. The molecule has 0 aliphatic heterocycles. The standard InChI is InChI=1S/C23H29NO7/c25-21-19(24(28)23(27)31-16-18-10-5-2-6-11-18)14-20(22(21)26)30-13-7-12-29-15-17-8-3-1-4-9-17/h1-6,8-11,19-22,25-26,28H,7,12-16H2/t19-,20+,21+,22-/m1/s1. The number of hydrogen-bond donors (Lipinski definition) is 3. The van der Waals surface area contributed by atoms with Crippen LogP contribution in [0.3, 0.4) is 0 Å². The molecule has 168 valence electrons. The average Bonchev–Trinajstić information content (AvgIpc) is 3.09. The number of aliphatic hydroxyl groups is 2. The highest BCUT2D eigenvalue weighted by atomic mass is 16.6. The first kappa shape index (κ1) is 23.2. The monoisotopic (exact) mass is 431 g/mol. The zero-order valence-corrected chi connectivity index (χ0v) is 17.2. The minimum absolute atomic E-state index is 0.00892. The summed E-state index contributed by atoms with van der Waals surface area (Å²) in [7, 11) is 0. The van der Waals surface area contributed by atoms with E-state index >= 15 is 0 Å². The Hall–Kier alpha value is -2.49. The zero-order valence-electron chi connectivity index (χ0n) is 17.2. The molecule has 2 aromatic rings. The van der Waals surface area contributed by atoms with Crippen LogP contribution in [0, 0.1) is 0 Å². The summed E-state index contributed by atoms with van der Waals surface area (Å²) in [4.78, 5) is 12.1. The maximum atomic E-state index is 12.1. The number of carbonyl (C=O) groups is 1. The topological polar surface area (TPSA) is 109 Å². The summed E-state index contributed by atoms with van der Waals surface area (Å²) >= 11 is 0. The van der Waals surface area contributed by atoms with E-state index in [9.17, 15) is 20.2 Å². The van der Waals surface area contributed by atoms with Gasteiger partial charge in [0, 0.05) is 19.6 Å². The van der Waals surface area contributed by atoms with Crippen molar-refractivity contribution in [3.63, 3.8) is 0 Å². The molecule has 0 saturated heterocycles. The lowest BCUT2D eigenvalue weighted by atomic mass is 10.2. The van der Waals surface area contributed by atoms with Gasteiger partial charge in [0.15, 0.2) is 0 Å². The summed E-state index contributed by atoms with van der Waals surface area (Å²) in [5.74, 6) is 0. The number of rotatable bonds is 10. The van der Waals surface area contributed by atoms with Crippen molar-refractivity contribution in [2.24, 2.45) is 0 Å². The summed E-state index contributed by atoms with van der Waals surface area (Å²) in [5, 5.41) is 31.0. The molecule has 0 heterocycles. The number of carbonyl (C=O) groups excluding carboxylic acids is 1. The van der Waals surface area contributed by atoms with Crippen molar-refractivity contribution in [1.29, 1.82) is 0 Å². The van der Waals surface area contributed by atoms with Crippen molar-refractivity contribution in [1.82, 2.24) is 5.06 Å². The first-order valence-electron chi connectivity index (χ1n) is 10.3. The quantitative estimate of drug-likeness (QED) is 0.301. The molecule has 1 aliphatic carbocycles. The van der Waals surface area contributed by atoms with Gasteiger partial charge in [0.25, 0.3) is 0 Å². The van der Waals surface area contributed by atoms with Gasteiger partial charge in [0.05, 0.1) is 18.8 Å². The van der Waals surface area contributed by atoms with Crippen molar-refractivity contribution in [2.45, 2.75) is 50.4 Å². The van der Waals surface area contributed by atoms with E-state index in [4.69, 9.17) is 14.2 Å². The van der Waals surface area contributed by atoms with Crippen LogP contribution in [-0.2, 0) is 27.4 Å². The van der Waals surface area contributed by atoms with E-state index in [1.54, 1.807) is 12.1 Å². The third-order valence-electron chi connectivity index (χ3n) is 5.18. The lowest BCUT2D eigenvalue weighted by Crippen LogP contribution is -2.45. The number of amides is 1. The first-order valence-corrected chi connectivity index (χ1v) is 10.3. The van der Waals surface area contributed by atoms with Crippen molar-refractivity contribution < 1.29 is 34.4 Å². The second kappa shape index (κ2) is 11.8. The van der Waals surface area contributed by atoms with Crippen molar-refractivity contribution >= 4 is 6.09 Å². The van der Waals surface area contributed by atoms with Gasteiger partial charge in [-0.25, -0.2) is 4.79 Å². The fraction of sp³-hybridized carbons (Fsp3) is 0.435. The Labute approximate surface area is 181 Å². The van der Waals surface area contributed by atoms with Crippen LogP contribution in [0.5, 0.6) is 0 Å². The number of aliphatic hydroxyl groups excluding tert-OH is 2. The van der Waals surface area contributed by atoms with Gasteiger partial charge in [-0.15, -0.1) is 0 Å². The Bertz CT molecular complexity index is 789. The summed E-state index contributed by atoms with van der Waals surface area (Å²) in [6, 6.07) is 17.8. The van der Waals surface area contributed by atoms with Gasteiger partial charge in [0.1, 0.15) is 18.8 Å². The first-order chi connectivity index (χ1) is 15.1. The van der Waals surface area contributed by atoms with E-state index in [1.165, 1.54) is 0 Å². The van der Waals surface area contributed by atoms with Crippen LogP contribution in [-0.4, -0.2) is 64.1 Å². The molecule has 1 saturated carbocycles. The van der Waals surface area contributed by atoms with Crippen molar-refractivity contribution in [2.75, 3.05) is 13.2 Å². The van der Waals surface area contributed by atoms with Crippen LogP contribution < -0.4 is 0 Å². The maximum absolute atomic E-state index is 12.1. The predicted octanol–water partition coefficient (Wildman–Crippen LogP) is 2.50. The Morgan fingerprint density at radius 2 is 1.52 bits per heavy atom. The number of hydrogen-bond acceptors (Lipinski definition) is 7. The molecule has 8 nitrogen and oxygen atoms in total. The highest BCUT2D eigenvalue weighted by Gasteiger charge is 2.46. The summed E-state index contributed by atoms with van der Waals surface area (Å²) in [6.07, 6.45) is -3.55. The molecule has 3 N–H and O–H groups in total. The van der Waals surface area contributed by atoms with Crippen LogP contribution in [0.25, 0.3) is 0 Å². The Morgan fingerprint density at radius 1 is 0.903 bits per heavy atom. The second-order valence-corrected chi connectivity index (χ2v) is 7.47. The number of benzene rings is 2. The van der Waals surface area contributed by atoms with E-state index in [0.29, 0.717) is 31.3 Å². The molecular weight excluding hydrogens is 402 g/mol. The van der Waals surface area contributed by atoms with Crippen molar-refractivity contribution in [3.8, 4) is 0 Å². The van der Waals surface area contributed by atoms with Gasteiger partial charge in [-0.2, -0.15) is 5.06 Å². The molecule has 0 aromatic heterocycles. The van der Waals surface area contributed by atoms with Crippen LogP contribution in [0.4, 0.5) is 4.79 Å². The van der Waals surface area contributed by atoms with Crippen LogP contribution in [0.2, 0.25) is 0 Å². The Kier molecular flexibility index (Phi) is 8.81. The zero-order chi connectivity index (χ0) is 22.1. The Morgan fingerprint density at radius 3 is 2.16 bits per heavy atom. The number of hydroxylamine groups is 2. The van der Waals surface area contributed by atoms with Gasteiger partial charge < -0.3 is 24.4 Å². The molecule has 8 heteroatoms. The van der Waals surface area contributed by atoms with E-state index in [1.807, 2.05) is 48.5 Å². The summed E-state index contributed by atoms with van der Waals surface area (Å²) in [5.41, 5.74) is 1.86. The molecule has 0 bridgehead atoms. The summed E-state index contributed by atoms with van der Waals surface area (Å²) in [6.45, 7) is 1.31. The van der Waals surface area contributed by atoms with Crippen LogP contribution in [0.1, 0.15) is 24.0 Å². The lowest BCUT2D eigenvalue weighted by molar-refractivity contribution is -0.135. The fourth-order valence-corrected chi connectivity index (χ4v) is 3.46. The Balaban J connectivity index is 1.36. The third-order valence-corrected chi connectivity index (χ3v) is 5.18. The molecule has 1 amide bonds. The second-order valence-electron chi connectivity index (χ2n) is 7.47. The van der Waals surface area contributed by atoms with E-state index in [0.717, 1.165) is 11.1 Å². The van der Waals surface area contributed by atoms with Gasteiger partial charge >= 0.3 is 6.09 Å². The highest BCUT2D eigenvalue weighted by molar-refractivity contribution is 5.66. The maximum Gasteiger partial charge on any atom is 0.434 e. The molecule has 1 aliphatic rings. The third kappa shape index (κ3) is 6.75. The highest BCUT2D eigenvalue weighted by Crippen LogP contribution is 2.27. The normalized spacial score (nSPS) is 22.9. The molecule has 2 aromatic carbocycles. The van der Waals surface area contributed by atoms with E-state index < -0.39 is 30.4 Å². The fourth-order valence-electron chi connectivity index (χ4n) is 3.46. The SMILES string of the molecule is O=C(OCc1ccccc1)N(O)[C@@H]1C[C@H](OCCCOCc2ccccc2)[C@@H](O)[C@H]1O. The minimum Gasteiger partial charge on any atom is -0.443 e.